The number of nitrogens with one attached hydrogen (secondary N) is 2. The molecule has 1 aliphatic heterocycles. The minimum Gasteiger partial charge on any atom is -0.350 e. The number of carbonyl (C=O) groups is 1. The first-order valence-electron chi connectivity index (χ1n) is 8.14. The molecule has 0 bridgehead atoms. The lowest BCUT2D eigenvalue weighted by molar-refractivity contribution is -0.121. The van der Waals surface area contributed by atoms with Gasteiger partial charge in [0.1, 0.15) is 0 Å². The normalized spacial score (nSPS) is 22.7. The monoisotopic (exact) mass is 303 g/mol. The minimum absolute atomic E-state index is 0.0706. The lowest BCUT2D eigenvalue weighted by atomic mass is 10.1. The maximum absolute atomic E-state index is 11.9. The van der Waals surface area contributed by atoms with Gasteiger partial charge < -0.3 is 10.6 Å². The van der Waals surface area contributed by atoms with E-state index in [1.54, 1.807) is 0 Å². The van der Waals surface area contributed by atoms with E-state index in [4.69, 9.17) is 0 Å². The summed E-state index contributed by atoms with van der Waals surface area (Å²) in [4.78, 5) is 14.4. The van der Waals surface area contributed by atoms with Gasteiger partial charge in [0, 0.05) is 31.2 Å². The van der Waals surface area contributed by atoms with Crippen LogP contribution < -0.4 is 10.6 Å². The smallest absolute Gasteiger partial charge is 0.234 e. The topological polar surface area (TPSA) is 44.4 Å². The van der Waals surface area contributed by atoms with Crippen LogP contribution in [0.1, 0.15) is 33.3 Å². The average Bonchev–Trinajstić information content (AvgIpc) is 2.76. The summed E-state index contributed by atoms with van der Waals surface area (Å²) < 4.78 is 0. The lowest BCUT2D eigenvalue weighted by Crippen LogP contribution is -2.47. The molecule has 0 saturated carbocycles. The van der Waals surface area contributed by atoms with Crippen LogP contribution in [0.2, 0.25) is 0 Å². The van der Waals surface area contributed by atoms with E-state index in [1.807, 2.05) is 26.8 Å². The maximum Gasteiger partial charge on any atom is 0.234 e. The van der Waals surface area contributed by atoms with E-state index in [2.05, 4.69) is 46.7 Å². The van der Waals surface area contributed by atoms with Crippen molar-refractivity contribution < 1.29 is 4.79 Å². The molecule has 1 fully saturated rings. The Morgan fingerprint density at radius 3 is 2.55 bits per heavy atom. The van der Waals surface area contributed by atoms with E-state index in [1.165, 1.54) is 5.56 Å². The number of likely N-dealkylation sites (tertiary alicyclic amines) is 1. The van der Waals surface area contributed by atoms with Crippen molar-refractivity contribution in [2.45, 2.75) is 45.8 Å². The molecule has 1 amide bonds. The second-order valence-electron chi connectivity index (χ2n) is 7.44. The van der Waals surface area contributed by atoms with Crippen molar-refractivity contribution in [3.8, 4) is 0 Å². The molecule has 4 heteroatoms. The van der Waals surface area contributed by atoms with Crippen LogP contribution in [0, 0.1) is 5.92 Å². The molecule has 1 aromatic rings. The average molecular weight is 303 g/mol. The van der Waals surface area contributed by atoms with Crippen LogP contribution in [-0.4, -0.2) is 42.0 Å². The van der Waals surface area contributed by atoms with Gasteiger partial charge >= 0.3 is 0 Å². The van der Waals surface area contributed by atoms with Gasteiger partial charge in [0.25, 0.3) is 0 Å². The standard InChI is InChI=1S/C18H29N3O/c1-14-11-21(12-15-8-6-5-7-9-15)13-16(14)19-10-17(22)20-18(2,3)4/h5-9,14,16,19H,10-13H2,1-4H3,(H,20,22)/t14-,16-/m1/s1. The van der Waals surface area contributed by atoms with Gasteiger partial charge in [0.2, 0.25) is 5.91 Å². The summed E-state index contributed by atoms with van der Waals surface area (Å²) in [7, 11) is 0. The largest absolute Gasteiger partial charge is 0.350 e. The molecule has 1 aliphatic rings. The number of hydrogen-bond donors (Lipinski definition) is 2. The van der Waals surface area contributed by atoms with Crippen molar-refractivity contribution >= 4 is 5.91 Å². The summed E-state index contributed by atoms with van der Waals surface area (Å²) in [6, 6.07) is 10.9. The summed E-state index contributed by atoms with van der Waals surface area (Å²) >= 11 is 0. The molecule has 0 spiro atoms. The zero-order chi connectivity index (χ0) is 16.2. The van der Waals surface area contributed by atoms with Gasteiger partial charge in [-0.1, -0.05) is 37.3 Å². The van der Waals surface area contributed by atoms with Crippen LogP contribution in [0.4, 0.5) is 0 Å². The van der Waals surface area contributed by atoms with Crippen LogP contribution in [0.25, 0.3) is 0 Å². The van der Waals surface area contributed by atoms with Gasteiger partial charge in [-0.25, -0.2) is 0 Å². The molecule has 1 saturated heterocycles. The van der Waals surface area contributed by atoms with Crippen molar-refractivity contribution in [2.75, 3.05) is 19.6 Å². The molecule has 1 heterocycles. The second-order valence-corrected chi connectivity index (χ2v) is 7.44. The molecule has 122 valence electrons. The Bertz CT molecular complexity index is 481. The fourth-order valence-corrected chi connectivity index (χ4v) is 2.99. The number of benzene rings is 1. The van der Waals surface area contributed by atoms with E-state index < -0.39 is 0 Å². The van der Waals surface area contributed by atoms with Gasteiger partial charge in [-0.3, -0.25) is 9.69 Å². The first-order chi connectivity index (χ1) is 10.3. The predicted octanol–water partition coefficient (Wildman–Crippen LogP) is 2.01. The van der Waals surface area contributed by atoms with Crippen molar-refractivity contribution in [3.05, 3.63) is 35.9 Å². The summed E-state index contributed by atoms with van der Waals surface area (Å²) in [6.07, 6.45) is 0. The highest BCUT2D eigenvalue weighted by Crippen LogP contribution is 2.18. The third kappa shape index (κ3) is 5.43. The first kappa shape index (κ1) is 17.0. The molecule has 2 atom stereocenters. The Kier molecular flexibility index (Phi) is 5.59. The van der Waals surface area contributed by atoms with Gasteiger partial charge in [0.05, 0.1) is 6.54 Å². The zero-order valence-electron chi connectivity index (χ0n) is 14.2. The Morgan fingerprint density at radius 1 is 1.23 bits per heavy atom. The highest BCUT2D eigenvalue weighted by atomic mass is 16.2. The predicted molar refractivity (Wildman–Crippen MR) is 90.6 cm³/mol. The molecule has 0 unspecified atom stereocenters. The van der Waals surface area contributed by atoms with Gasteiger partial charge in [-0.05, 0) is 32.3 Å². The van der Waals surface area contributed by atoms with Crippen molar-refractivity contribution in [2.24, 2.45) is 5.92 Å². The number of amides is 1. The Labute approximate surface area is 134 Å². The van der Waals surface area contributed by atoms with Crippen LogP contribution in [0.3, 0.4) is 0 Å². The fraction of sp³-hybridized carbons (Fsp3) is 0.611. The number of hydrogen-bond acceptors (Lipinski definition) is 3. The summed E-state index contributed by atoms with van der Waals surface area (Å²) in [5.41, 5.74) is 1.18. The summed E-state index contributed by atoms with van der Waals surface area (Å²) in [5, 5.41) is 6.41. The molecule has 4 nitrogen and oxygen atoms in total. The molecular formula is C18H29N3O. The Hall–Kier alpha value is -1.39. The van der Waals surface area contributed by atoms with E-state index in [0.717, 1.165) is 19.6 Å². The molecule has 0 aromatic heterocycles. The highest BCUT2D eigenvalue weighted by Gasteiger charge is 2.29. The number of carbonyl (C=O) groups excluding carboxylic acids is 1. The van der Waals surface area contributed by atoms with E-state index in [0.29, 0.717) is 18.5 Å². The Morgan fingerprint density at radius 2 is 1.91 bits per heavy atom. The van der Waals surface area contributed by atoms with E-state index >= 15 is 0 Å². The number of nitrogens with zero attached hydrogens (tertiary/aromatic N) is 1. The zero-order valence-corrected chi connectivity index (χ0v) is 14.2. The third-order valence-corrected chi connectivity index (χ3v) is 3.98. The third-order valence-electron chi connectivity index (χ3n) is 3.98. The minimum atomic E-state index is -0.167. The molecule has 2 rings (SSSR count). The molecule has 0 radical (unpaired) electrons. The van der Waals surface area contributed by atoms with E-state index in [9.17, 15) is 4.79 Å². The highest BCUT2D eigenvalue weighted by molar-refractivity contribution is 5.78. The second kappa shape index (κ2) is 7.25. The summed E-state index contributed by atoms with van der Waals surface area (Å²) in [5.74, 6) is 0.632. The summed E-state index contributed by atoms with van der Waals surface area (Å²) in [6.45, 7) is 11.7. The van der Waals surface area contributed by atoms with Crippen LogP contribution >= 0.6 is 0 Å². The molecular weight excluding hydrogens is 274 g/mol. The SMILES string of the molecule is C[C@@H]1CN(Cc2ccccc2)C[C@H]1NCC(=O)NC(C)(C)C. The molecule has 2 N–H and O–H groups in total. The van der Waals surface area contributed by atoms with Crippen LogP contribution in [-0.2, 0) is 11.3 Å². The molecule has 0 aliphatic carbocycles. The molecule has 1 aromatic carbocycles. The van der Waals surface area contributed by atoms with Crippen molar-refractivity contribution in [1.82, 2.24) is 15.5 Å². The number of rotatable bonds is 5. The van der Waals surface area contributed by atoms with Gasteiger partial charge in [-0.15, -0.1) is 0 Å². The maximum atomic E-state index is 11.9. The first-order valence-corrected chi connectivity index (χ1v) is 8.14. The van der Waals surface area contributed by atoms with Crippen LogP contribution in [0.5, 0.6) is 0 Å². The quantitative estimate of drug-likeness (QED) is 0.874. The Balaban J connectivity index is 1.78. The van der Waals surface area contributed by atoms with Crippen molar-refractivity contribution in [3.63, 3.8) is 0 Å². The lowest BCUT2D eigenvalue weighted by Gasteiger charge is -2.22. The van der Waals surface area contributed by atoms with Crippen LogP contribution in [0.15, 0.2) is 30.3 Å². The van der Waals surface area contributed by atoms with E-state index in [-0.39, 0.29) is 11.4 Å². The van der Waals surface area contributed by atoms with Gasteiger partial charge in [0.15, 0.2) is 0 Å². The van der Waals surface area contributed by atoms with Crippen molar-refractivity contribution in [1.29, 1.82) is 0 Å². The van der Waals surface area contributed by atoms with Gasteiger partial charge in [-0.2, -0.15) is 0 Å². The molecule has 22 heavy (non-hydrogen) atoms. The fourth-order valence-electron chi connectivity index (χ4n) is 2.99.